The third kappa shape index (κ3) is 4.54. The molecule has 19 heavy (non-hydrogen) atoms. The largest absolute Gasteiger partial charge is 0.353 e. The molecule has 7 heteroatoms. The van der Waals surface area contributed by atoms with Gasteiger partial charge in [-0.05, 0) is 24.4 Å². The van der Waals surface area contributed by atoms with E-state index in [1.807, 2.05) is 17.8 Å². The molecule has 5 nitrogen and oxygen atoms in total. The molecule has 0 atom stereocenters. The molecule has 1 aliphatic heterocycles. The second-order valence-corrected chi connectivity index (χ2v) is 5.70. The van der Waals surface area contributed by atoms with Crippen LogP contribution in [-0.2, 0) is 0 Å². The third-order valence-electron chi connectivity index (χ3n) is 2.75. The number of hydrogen-bond acceptors (Lipinski definition) is 6. The highest BCUT2D eigenvalue weighted by atomic mass is 35.5. The highest BCUT2D eigenvalue weighted by molar-refractivity contribution is 7.99. The van der Waals surface area contributed by atoms with Gasteiger partial charge in [0.05, 0.1) is 0 Å². The number of anilines is 2. The summed E-state index contributed by atoms with van der Waals surface area (Å²) in [6.07, 6.45) is 4.27. The fourth-order valence-electron chi connectivity index (χ4n) is 1.88. The van der Waals surface area contributed by atoms with E-state index in [2.05, 4.69) is 31.7 Å². The molecule has 1 fully saturated rings. The lowest BCUT2D eigenvalue weighted by molar-refractivity contribution is 0.878. The molecule has 0 aromatic carbocycles. The summed E-state index contributed by atoms with van der Waals surface area (Å²) < 4.78 is 0. The Kier molecular flexibility index (Phi) is 5.72. The van der Waals surface area contributed by atoms with Crippen LogP contribution in [-0.4, -0.2) is 46.1 Å². The minimum Gasteiger partial charge on any atom is -0.353 e. The first-order valence-electron chi connectivity index (χ1n) is 6.38. The molecule has 2 rings (SSSR count). The lowest BCUT2D eigenvalue weighted by atomic mass is 10.4. The second-order valence-electron chi connectivity index (χ2n) is 4.21. The van der Waals surface area contributed by atoms with Gasteiger partial charge in [0, 0.05) is 31.1 Å². The SMILES string of the molecule is C=CCSCCNc1nc(Cl)nc(N2CCCC2)n1. The Morgan fingerprint density at radius 1 is 1.32 bits per heavy atom. The summed E-state index contributed by atoms with van der Waals surface area (Å²) in [7, 11) is 0. The van der Waals surface area contributed by atoms with Gasteiger partial charge in [-0.1, -0.05) is 6.08 Å². The van der Waals surface area contributed by atoms with Crippen LogP contribution in [0.4, 0.5) is 11.9 Å². The summed E-state index contributed by atoms with van der Waals surface area (Å²) >= 11 is 7.75. The van der Waals surface area contributed by atoms with Crippen LogP contribution in [0.15, 0.2) is 12.7 Å². The Labute approximate surface area is 122 Å². The van der Waals surface area contributed by atoms with Gasteiger partial charge in [0.25, 0.3) is 0 Å². The lowest BCUT2D eigenvalue weighted by Gasteiger charge is -2.15. The monoisotopic (exact) mass is 299 g/mol. The van der Waals surface area contributed by atoms with E-state index in [0.29, 0.717) is 11.9 Å². The Bertz CT molecular complexity index is 423. The fourth-order valence-corrected chi connectivity index (χ4v) is 2.61. The maximum atomic E-state index is 5.94. The van der Waals surface area contributed by atoms with E-state index in [1.165, 1.54) is 12.8 Å². The maximum Gasteiger partial charge on any atom is 0.231 e. The first-order valence-corrected chi connectivity index (χ1v) is 7.92. The minimum absolute atomic E-state index is 0.248. The lowest BCUT2D eigenvalue weighted by Crippen LogP contribution is -2.21. The van der Waals surface area contributed by atoms with Gasteiger partial charge in [-0.25, -0.2) is 0 Å². The van der Waals surface area contributed by atoms with Crippen LogP contribution in [0.5, 0.6) is 0 Å². The molecule has 0 spiro atoms. The summed E-state index contributed by atoms with van der Waals surface area (Å²) in [5.74, 6) is 3.17. The number of thioether (sulfide) groups is 1. The summed E-state index contributed by atoms with van der Waals surface area (Å²) in [6, 6.07) is 0. The van der Waals surface area contributed by atoms with Crippen molar-refractivity contribution in [3.8, 4) is 0 Å². The van der Waals surface area contributed by atoms with Crippen LogP contribution in [0.25, 0.3) is 0 Å². The molecule has 1 aliphatic rings. The summed E-state index contributed by atoms with van der Waals surface area (Å²) in [5, 5.41) is 3.43. The van der Waals surface area contributed by atoms with E-state index in [-0.39, 0.29) is 5.28 Å². The van der Waals surface area contributed by atoms with E-state index in [1.54, 1.807) is 0 Å². The molecule has 1 aromatic rings. The smallest absolute Gasteiger partial charge is 0.231 e. The Morgan fingerprint density at radius 3 is 2.84 bits per heavy atom. The van der Waals surface area contributed by atoms with Gasteiger partial charge in [-0.2, -0.15) is 26.7 Å². The van der Waals surface area contributed by atoms with Crippen LogP contribution in [0.2, 0.25) is 5.28 Å². The van der Waals surface area contributed by atoms with Crippen molar-refractivity contribution in [2.24, 2.45) is 0 Å². The average Bonchev–Trinajstić information content (AvgIpc) is 2.92. The second kappa shape index (κ2) is 7.55. The van der Waals surface area contributed by atoms with Gasteiger partial charge in [-0.3, -0.25) is 0 Å². The molecule has 0 amide bonds. The molecule has 0 bridgehead atoms. The van der Waals surface area contributed by atoms with Gasteiger partial charge in [0.15, 0.2) is 0 Å². The zero-order valence-electron chi connectivity index (χ0n) is 10.8. The Hall–Kier alpha value is -1.01. The number of nitrogens with zero attached hydrogens (tertiary/aromatic N) is 4. The van der Waals surface area contributed by atoms with Gasteiger partial charge in [-0.15, -0.1) is 6.58 Å². The molecule has 0 radical (unpaired) electrons. The molecular formula is C12H18ClN5S. The van der Waals surface area contributed by atoms with Gasteiger partial charge < -0.3 is 10.2 Å². The van der Waals surface area contributed by atoms with Crippen LogP contribution >= 0.6 is 23.4 Å². The molecule has 104 valence electrons. The summed E-state index contributed by atoms with van der Waals surface area (Å²) in [5.41, 5.74) is 0. The normalized spacial score (nSPS) is 14.7. The van der Waals surface area contributed by atoms with Crippen LogP contribution in [0, 0.1) is 0 Å². The van der Waals surface area contributed by atoms with E-state index in [0.717, 1.165) is 31.1 Å². The zero-order valence-corrected chi connectivity index (χ0v) is 12.4. The zero-order chi connectivity index (χ0) is 13.5. The van der Waals surface area contributed by atoms with E-state index >= 15 is 0 Å². The first-order chi connectivity index (χ1) is 9.29. The summed E-state index contributed by atoms with van der Waals surface area (Å²) in [4.78, 5) is 14.8. The van der Waals surface area contributed by atoms with Crippen molar-refractivity contribution in [1.82, 2.24) is 15.0 Å². The predicted octanol–water partition coefficient (Wildman–Crippen LogP) is 2.46. The van der Waals surface area contributed by atoms with E-state index in [4.69, 9.17) is 11.6 Å². The molecule has 0 saturated carbocycles. The van der Waals surface area contributed by atoms with Gasteiger partial charge in [0.1, 0.15) is 0 Å². The standard InChI is InChI=1S/C12H18ClN5S/c1-2-8-19-9-5-14-11-15-10(13)16-12(17-11)18-6-3-4-7-18/h2H,1,3-9H2,(H,14,15,16,17). The predicted molar refractivity (Wildman–Crippen MR) is 82.3 cm³/mol. The molecule has 1 N–H and O–H groups in total. The van der Waals surface area contributed by atoms with Gasteiger partial charge in [0.2, 0.25) is 17.2 Å². The highest BCUT2D eigenvalue weighted by Crippen LogP contribution is 2.18. The average molecular weight is 300 g/mol. The third-order valence-corrected chi connectivity index (χ3v) is 3.88. The Morgan fingerprint density at radius 2 is 2.11 bits per heavy atom. The van der Waals surface area contributed by atoms with Crippen molar-refractivity contribution in [3.05, 3.63) is 17.9 Å². The van der Waals surface area contributed by atoms with Crippen LogP contribution in [0.1, 0.15) is 12.8 Å². The van der Waals surface area contributed by atoms with Crippen molar-refractivity contribution >= 4 is 35.3 Å². The number of rotatable bonds is 7. The maximum absolute atomic E-state index is 5.94. The highest BCUT2D eigenvalue weighted by Gasteiger charge is 2.16. The number of hydrogen-bond donors (Lipinski definition) is 1. The topological polar surface area (TPSA) is 53.9 Å². The van der Waals surface area contributed by atoms with Crippen molar-refractivity contribution in [3.63, 3.8) is 0 Å². The first kappa shape index (κ1) is 14.4. The van der Waals surface area contributed by atoms with Crippen molar-refractivity contribution in [2.75, 3.05) is 41.4 Å². The van der Waals surface area contributed by atoms with Gasteiger partial charge >= 0.3 is 0 Å². The Balaban J connectivity index is 1.90. The quantitative estimate of drug-likeness (QED) is 0.616. The summed E-state index contributed by atoms with van der Waals surface area (Å²) in [6.45, 7) is 6.48. The van der Waals surface area contributed by atoms with E-state index < -0.39 is 0 Å². The molecule has 1 saturated heterocycles. The van der Waals surface area contributed by atoms with Crippen molar-refractivity contribution < 1.29 is 0 Å². The molecule has 1 aromatic heterocycles. The molecular weight excluding hydrogens is 282 g/mol. The number of halogens is 1. The van der Waals surface area contributed by atoms with E-state index in [9.17, 15) is 0 Å². The molecule has 0 aliphatic carbocycles. The number of aromatic nitrogens is 3. The number of nitrogens with one attached hydrogen (secondary N) is 1. The molecule has 2 heterocycles. The van der Waals surface area contributed by atoms with Crippen molar-refractivity contribution in [1.29, 1.82) is 0 Å². The van der Waals surface area contributed by atoms with Crippen molar-refractivity contribution in [2.45, 2.75) is 12.8 Å². The van der Waals surface area contributed by atoms with Crippen LogP contribution < -0.4 is 10.2 Å². The molecule has 0 unspecified atom stereocenters. The minimum atomic E-state index is 0.248. The fraction of sp³-hybridized carbons (Fsp3) is 0.583. The van der Waals surface area contributed by atoms with Crippen LogP contribution in [0.3, 0.4) is 0 Å².